The summed E-state index contributed by atoms with van der Waals surface area (Å²) in [7, 11) is -3.67. The molecule has 0 aliphatic rings. The van der Waals surface area contributed by atoms with Crippen LogP contribution in [0.15, 0.2) is 23.1 Å². The number of sulfonamides is 1. The lowest BCUT2D eigenvalue weighted by atomic mass is 10.1. The summed E-state index contributed by atoms with van der Waals surface area (Å²) in [6.07, 6.45) is 0.804. The van der Waals surface area contributed by atoms with Gasteiger partial charge in [-0.1, -0.05) is 13.0 Å². The van der Waals surface area contributed by atoms with E-state index < -0.39 is 10.0 Å². The van der Waals surface area contributed by atoms with Gasteiger partial charge in [0.1, 0.15) is 4.90 Å². The predicted octanol–water partition coefficient (Wildman–Crippen LogP) is 1.97. The number of nitrogens with one attached hydrogen (secondary N) is 2. The van der Waals surface area contributed by atoms with Gasteiger partial charge in [0.15, 0.2) is 0 Å². The fourth-order valence-corrected chi connectivity index (χ4v) is 3.55. The molecule has 6 nitrogen and oxygen atoms in total. The number of hydrogen-bond donors (Lipinski definition) is 3. The van der Waals surface area contributed by atoms with Crippen LogP contribution in [0.2, 0.25) is 0 Å². The van der Waals surface area contributed by atoms with Gasteiger partial charge in [-0.15, -0.1) is 0 Å². The highest BCUT2D eigenvalue weighted by Crippen LogP contribution is 2.23. The van der Waals surface area contributed by atoms with Crippen molar-refractivity contribution in [3.63, 3.8) is 0 Å². The van der Waals surface area contributed by atoms with Gasteiger partial charge in [-0.3, -0.25) is 9.82 Å². The van der Waals surface area contributed by atoms with Gasteiger partial charge in [-0.2, -0.15) is 5.10 Å². The Morgan fingerprint density at radius 3 is 2.55 bits per heavy atom. The first-order chi connectivity index (χ1) is 9.35. The second-order valence-electron chi connectivity index (χ2n) is 4.64. The summed E-state index contributed by atoms with van der Waals surface area (Å²) in [6.45, 7) is 5.31. The van der Waals surface area contributed by atoms with Gasteiger partial charge in [0, 0.05) is 5.69 Å². The van der Waals surface area contributed by atoms with E-state index in [9.17, 15) is 8.42 Å². The number of rotatable bonds is 4. The van der Waals surface area contributed by atoms with Crippen LogP contribution in [0, 0.1) is 13.8 Å². The van der Waals surface area contributed by atoms with E-state index in [2.05, 4.69) is 14.9 Å². The molecule has 2 aromatic rings. The van der Waals surface area contributed by atoms with Gasteiger partial charge < -0.3 is 5.73 Å². The van der Waals surface area contributed by atoms with Crippen LogP contribution >= 0.6 is 0 Å². The molecule has 0 saturated heterocycles. The van der Waals surface area contributed by atoms with Crippen molar-refractivity contribution >= 4 is 21.4 Å². The number of nitrogens with zero attached hydrogens (tertiary/aromatic N) is 1. The number of aromatic nitrogens is 2. The molecule has 108 valence electrons. The van der Waals surface area contributed by atoms with Crippen LogP contribution in [-0.4, -0.2) is 18.6 Å². The van der Waals surface area contributed by atoms with E-state index in [1.807, 2.05) is 13.0 Å². The number of hydrogen-bond acceptors (Lipinski definition) is 4. The van der Waals surface area contributed by atoms with Crippen molar-refractivity contribution in [2.45, 2.75) is 32.1 Å². The quantitative estimate of drug-likeness (QED) is 0.750. The third-order valence-electron chi connectivity index (χ3n) is 3.11. The fourth-order valence-electron chi connectivity index (χ4n) is 2.12. The Labute approximate surface area is 118 Å². The van der Waals surface area contributed by atoms with Crippen molar-refractivity contribution in [3.05, 3.63) is 35.2 Å². The third-order valence-corrected chi connectivity index (χ3v) is 4.75. The summed E-state index contributed by atoms with van der Waals surface area (Å²) in [4.78, 5) is 0.177. The molecule has 0 unspecified atom stereocenters. The molecule has 2 rings (SSSR count). The van der Waals surface area contributed by atoms with Crippen molar-refractivity contribution in [2.24, 2.45) is 0 Å². The second kappa shape index (κ2) is 5.16. The van der Waals surface area contributed by atoms with E-state index in [0.717, 1.165) is 12.0 Å². The number of nitrogens with two attached hydrogens (primary N) is 1. The van der Waals surface area contributed by atoms with Crippen molar-refractivity contribution in [2.75, 3.05) is 10.5 Å². The summed E-state index contributed by atoms with van der Waals surface area (Å²) >= 11 is 0. The number of aryl methyl sites for hydroxylation is 3. The van der Waals surface area contributed by atoms with Crippen LogP contribution in [0.5, 0.6) is 0 Å². The van der Waals surface area contributed by atoms with Crippen LogP contribution in [0.3, 0.4) is 0 Å². The number of benzene rings is 1. The molecular weight excluding hydrogens is 276 g/mol. The van der Waals surface area contributed by atoms with Crippen LogP contribution in [-0.2, 0) is 16.4 Å². The molecule has 7 heteroatoms. The molecule has 0 amide bonds. The van der Waals surface area contributed by atoms with E-state index in [1.165, 1.54) is 0 Å². The second-order valence-corrected chi connectivity index (χ2v) is 6.26. The molecule has 0 saturated carbocycles. The monoisotopic (exact) mass is 294 g/mol. The number of nitrogen functional groups attached to an aromatic ring is 1. The zero-order chi connectivity index (χ0) is 14.9. The average molecular weight is 294 g/mol. The summed E-state index contributed by atoms with van der Waals surface area (Å²) in [5.41, 5.74) is 8.83. The summed E-state index contributed by atoms with van der Waals surface area (Å²) in [5, 5.41) is 6.56. The topological polar surface area (TPSA) is 101 Å². The van der Waals surface area contributed by atoms with Crippen molar-refractivity contribution in [1.82, 2.24) is 10.2 Å². The minimum Gasteiger partial charge on any atom is -0.398 e. The van der Waals surface area contributed by atoms with Gasteiger partial charge in [0.2, 0.25) is 0 Å². The molecule has 1 heterocycles. The lowest BCUT2D eigenvalue weighted by molar-refractivity contribution is 0.600. The highest BCUT2D eigenvalue weighted by atomic mass is 32.2. The van der Waals surface area contributed by atoms with E-state index >= 15 is 0 Å². The Morgan fingerprint density at radius 2 is 2.05 bits per heavy atom. The average Bonchev–Trinajstić information content (AvgIpc) is 2.69. The third kappa shape index (κ3) is 2.62. The zero-order valence-electron chi connectivity index (χ0n) is 11.7. The van der Waals surface area contributed by atoms with Crippen molar-refractivity contribution in [3.8, 4) is 0 Å². The molecule has 0 atom stereocenters. The van der Waals surface area contributed by atoms with E-state index in [1.54, 1.807) is 26.0 Å². The van der Waals surface area contributed by atoms with E-state index in [4.69, 9.17) is 5.73 Å². The predicted molar refractivity (Wildman–Crippen MR) is 79.1 cm³/mol. The van der Waals surface area contributed by atoms with Crippen LogP contribution in [0.1, 0.15) is 23.9 Å². The maximum absolute atomic E-state index is 12.4. The Balaban J connectivity index is 2.36. The highest BCUT2D eigenvalue weighted by Gasteiger charge is 2.22. The Kier molecular flexibility index (Phi) is 3.71. The molecule has 4 N–H and O–H groups in total. The first-order valence-corrected chi connectivity index (χ1v) is 7.76. The molecule has 0 aliphatic heterocycles. The maximum atomic E-state index is 12.4. The molecule has 0 spiro atoms. The molecule has 0 radical (unpaired) electrons. The van der Waals surface area contributed by atoms with Crippen LogP contribution in [0.4, 0.5) is 11.4 Å². The van der Waals surface area contributed by atoms with E-state index in [-0.39, 0.29) is 4.90 Å². The molecule has 1 aromatic carbocycles. The zero-order valence-corrected chi connectivity index (χ0v) is 12.5. The molecular formula is C13H18N4O2S. The molecule has 0 bridgehead atoms. The Bertz CT molecular complexity index is 715. The minimum atomic E-state index is -3.67. The van der Waals surface area contributed by atoms with Crippen molar-refractivity contribution in [1.29, 1.82) is 0 Å². The highest BCUT2D eigenvalue weighted by molar-refractivity contribution is 7.92. The van der Waals surface area contributed by atoms with Gasteiger partial charge in [0.25, 0.3) is 10.0 Å². The van der Waals surface area contributed by atoms with E-state index in [0.29, 0.717) is 22.8 Å². The first-order valence-electron chi connectivity index (χ1n) is 6.28. The fraction of sp³-hybridized carbons (Fsp3) is 0.308. The Hall–Kier alpha value is -2.02. The minimum absolute atomic E-state index is 0.177. The molecule has 0 aliphatic carbocycles. The lowest BCUT2D eigenvalue weighted by Crippen LogP contribution is -2.14. The summed E-state index contributed by atoms with van der Waals surface area (Å²) < 4.78 is 27.2. The number of H-pyrrole nitrogens is 1. The van der Waals surface area contributed by atoms with Gasteiger partial charge in [-0.25, -0.2) is 8.42 Å². The smallest absolute Gasteiger partial charge is 0.265 e. The first kappa shape index (κ1) is 14.4. The molecule has 0 fully saturated rings. The van der Waals surface area contributed by atoms with Gasteiger partial charge >= 0.3 is 0 Å². The van der Waals surface area contributed by atoms with Crippen molar-refractivity contribution < 1.29 is 8.42 Å². The summed E-state index contributed by atoms with van der Waals surface area (Å²) in [5.74, 6) is 0. The van der Waals surface area contributed by atoms with Crippen LogP contribution < -0.4 is 10.5 Å². The van der Waals surface area contributed by atoms with Crippen LogP contribution in [0.25, 0.3) is 0 Å². The maximum Gasteiger partial charge on any atom is 0.265 e. The standard InChI is InChI=1S/C13H18N4O2S/c1-4-10-5-6-11(7-12(10)14)17-20(18,19)13-8(2)15-16-9(13)3/h5-7,17H,4,14H2,1-3H3,(H,15,16). The largest absolute Gasteiger partial charge is 0.398 e. The number of aromatic amines is 1. The Morgan fingerprint density at radius 1 is 1.35 bits per heavy atom. The molecule has 20 heavy (non-hydrogen) atoms. The van der Waals surface area contributed by atoms with Gasteiger partial charge in [-0.05, 0) is 38.0 Å². The molecule has 1 aromatic heterocycles. The number of anilines is 2. The lowest BCUT2D eigenvalue weighted by Gasteiger charge is -2.10. The normalized spacial score (nSPS) is 11.6. The van der Waals surface area contributed by atoms with Gasteiger partial charge in [0.05, 0.1) is 17.1 Å². The summed E-state index contributed by atoms with van der Waals surface area (Å²) in [6, 6.07) is 5.15. The SMILES string of the molecule is CCc1ccc(NS(=O)(=O)c2c(C)n[nH]c2C)cc1N.